The maximum Gasteiger partial charge on any atom is 0.471 e. The Labute approximate surface area is 149 Å². The molecular weight excluding hydrogens is 353 g/mol. The van der Waals surface area contributed by atoms with Crippen LogP contribution in [0.1, 0.15) is 12.8 Å². The van der Waals surface area contributed by atoms with Crippen molar-refractivity contribution in [2.45, 2.75) is 19.0 Å². The fourth-order valence-electron chi connectivity index (χ4n) is 2.71. The Morgan fingerprint density at radius 1 is 1.19 bits per heavy atom. The van der Waals surface area contributed by atoms with Crippen LogP contribution in [0, 0.1) is 5.92 Å². The molecule has 1 aromatic rings. The van der Waals surface area contributed by atoms with Crippen molar-refractivity contribution < 1.29 is 32.2 Å². The number of hydrogen-bond donors (Lipinski definition) is 1. The van der Waals surface area contributed by atoms with Crippen molar-refractivity contribution in [2.24, 2.45) is 5.92 Å². The molecule has 1 heterocycles. The summed E-state index contributed by atoms with van der Waals surface area (Å²) in [4.78, 5) is 23.9. The summed E-state index contributed by atoms with van der Waals surface area (Å²) in [6.45, 7) is 0.223. The van der Waals surface area contributed by atoms with Crippen LogP contribution >= 0.6 is 0 Å². The molecule has 1 saturated heterocycles. The summed E-state index contributed by atoms with van der Waals surface area (Å²) >= 11 is 0. The highest BCUT2D eigenvalue weighted by molar-refractivity contribution is 5.82. The SMILES string of the molecule is COc1ccccc1OCC(=O)NCC1CCN(C(=O)C(F)(F)F)CC1. The molecule has 0 spiro atoms. The Balaban J connectivity index is 1.70. The average Bonchev–Trinajstić information content (AvgIpc) is 2.64. The molecule has 1 fully saturated rings. The molecule has 9 heteroatoms. The van der Waals surface area contributed by atoms with E-state index in [4.69, 9.17) is 9.47 Å². The van der Waals surface area contributed by atoms with E-state index >= 15 is 0 Å². The molecule has 0 saturated carbocycles. The summed E-state index contributed by atoms with van der Waals surface area (Å²) in [5, 5.41) is 2.70. The second kappa shape index (κ2) is 8.77. The summed E-state index contributed by atoms with van der Waals surface area (Å²) < 4.78 is 47.7. The molecule has 26 heavy (non-hydrogen) atoms. The van der Waals surface area contributed by atoms with Gasteiger partial charge in [-0.1, -0.05) is 12.1 Å². The van der Waals surface area contributed by atoms with Gasteiger partial charge in [0.15, 0.2) is 18.1 Å². The number of piperidine rings is 1. The van der Waals surface area contributed by atoms with Crippen LogP contribution in [0.2, 0.25) is 0 Å². The van der Waals surface area contributed by atoms with Crippen LogP contribution in [-0.4, -0.2) is 56.2 Å². The van der Waals surface area contributed by atoms with Crippen LogP contribution in [0.25, 0.3) is 0 Å². The minimum Gasteiger partial charge on any atom is -0.493 e. The van der Waals surface area contributed by atoms with Gasteiger partial charge in [0.05, 0.1) is 7.11 Å². The van der Waals surface area contributed by atoms with Crippen LogP contribution in [0.4, 0.5) is 13.2 Å². The van der Waals surface area contributed by atoms with Crippen molar-refractivity contribution in [1.29, 1.82) is 0 Å². The van der Waals surface area contributed by atoms with Crippen molar-refractivity contribution in [3.05, 3.63) is 24.3 Å². The van der Waals surface area contributed by atoms with Crippen LogP contribution < -0.4 is 14.8 Å². The third-order valence-corrected chi connectivity index (χ3v) is 4.16. The van der Waals surface area contributed by atoms with E-state index in [1.807, 2.05) is 0 Å². The number of alkyl halides is 3. The van der Waals surface area contributed by atoms with Gasteiger partial charge in [0.25, 0.3) is 5.91 Å². The van der Waals surface area contributed by atoms with Gasteiger partial charge < -0.3 is 19.7 Å². The van der Waals surface area contributed by atoms with E-state index < -0.39 is 12.1 Å². The predicted molar refractivity (Wildman–Crippen MR) is 86.9 cm³/mol. The monoisotopic (exact) mass is 374 g/mol. The molecule has 1 aliphatic rings. The first kappa shape index (κ1) is 19.9. The minimum atomic E-state index is -4.84. The lowest BCUT2D eigenvalue weighted by Gasteiger charge is -2.32. The van der Waals surface area contributed by atoms with Crippen molar-refractivity contribution in [2.75, 3.05) is 33.4 Å². The summed E-state index contributed by atoms with van der Waals surface area (Å²) in [5.74, 6) is -1.14. The van der Waals surface area contributed by atoms with Gasteiger partial charge in [-0.05, 0) is 30.9 Å². The standard InChI is InChI=1S/C17H21F3N2O4/c1-25-13-4-2-3-5-14(13)26-11-15(23)21-10-12-6-8-22(9-7-12)16(24)17(18,19)20/h2-5,12H,6-11H2,1H3,(H,21,23). The molecule has 0 aromatic heterocycles. The van der Waals surface area contributed by atoms with E-state index in [-0.39, 0.29) is 31.5 Å². The van der Waals surface area contributed by atoms with E-state index in [1.165, 1.54) is 7.11 Å². The number of nitrogens with one attached hydrogen (secondary N) is 1. The Hall–Kier alpha value is -2.45. The maximum atomic E-state index is 12.4. The average molecular weight is 374 g/mol. The summed E-state index contributed by atoms with van der Waals surface area (Å²) in [5.41, 5.74) is 0. The van der Waals surface area contributed by atoms with E-state index in [0.717, 1.165) is 4.90 Å². The van der Waals surface area contributed by atoms with E-state index in [9.17, 15) is 22.8 Å². The third kappa shape index (κ3) is 5.53. The number of hydrogen-bond acceptors (Lipinski definition) is 4. The number of ether oxygens (including phenoxy) is 2. The number of amides is 2. The van der Waals surface area contributed by atoms with Crippen LogP contribution in [-0.2, 0) is 9.59 Å². The maximum absolute atomic E-state index is 12.4. The second-order valence-electron chi connectivity index (χ2n) is 5.98. The number of nitrogens with zero attached hydrogens (tertiary/aromatic N) is 1. The van der Waals surface area contributed by atoms with Crippen molar-refractivity contribution in [3.8, 4) is 11.5 Å². The van der Waals surface area contributed by atoms with Crippen LogP contribution in [0.5, 0.6) is 11.5 Å². The van der Waals surface area contributed by atoms with Crippen LogP contribution in [0.3, 0.4) is 0 Å². The highest BCUT2D eigenvalue weighted by atomic mass is 19.4. The summed E-state index contributed by atoms with van der Waals surface area (Å²) in [7, 11) is 1.50. The first-order valence-corrected chi connectivity index (χ1v) is 8.20. The van der Waals surface area contributed by atoms with Crippen molar-refractivity contribution >= 4 is 11.8 Å². The lowest BCUT2D eigenvalue weighted by molar-refractivity contribution is -0.186. The molecule has 1 N–H and O–H groups in total. The zero-order chi connectivity index (χ0) is 19.2. The molecule has 0 unspecified atom stereocenters. The van der Waals surface area contributed by atoms with Gasteiger partial charge in [0.1, 0.15) is 0 Å². The smallest absolute Gasteiger partial charge is 0.471 e. The third-order valence-electron chi connectivity index (χ3n) is 4.16. The first-order chi connectivity index (χ1) is 12.3. The molecule has 144 valence electrons. The zero-order valence-corrected chi connectivity index (χ0v) is 14.3. The topological polar surface area (TPSA) is 67.9 Å². The molecule has 1 aromatic carbocycles. The lowest BCUT2D eigenvalue weighted by Crippen LogP contribution is -2.46. The largest absolute Gasteiger partial charge is 0.493 e. The Kier molecular flexibility index (Phi) is 6.70. The van der Waals surface area contributed by atoms with Gasteiger partial charge in [-0.2, -0.15) is 13.2 Å². The number of benzene rings is 1. The number of para-hydroxylation sites is 2. The summed E-state index contributed by atoms with van der Waals surface area (Å²) in [6, 6.07) is 6.93. The number of carbonyl (C=O) groups excluding carboxylic acids is 2. The minimum absolute atomic E-state index is 0.0301. The van der Waals surface area contributed by atoms with E-state index in [1.54, 1.807) is 24.3 Å². The predicted octanol–water partition coefficient (Wildman–Crippen LogP) is 1.99. The van der Waals surface area contributed by atoms with Crippen LogP contribution in [0.15, 0.2) is 24.3 Å². The molecular formula is C17H21F3N2O4. The van der Waals surface area contributed by atoms with E-state index in [0.29, 0.717) is 30.9 Å². The van der Waals surface area contributed by atoms with Gasteiger partial charge in [-0.25, -0.2) is 0 Å². The number of likely N-dealkylation sites (tertiary alicyclic amines) is 1. The second-order valence-corrected chi connectivity index (χ2v) is 5.98. The zero-order valence-electron chi connectivity index (χ0n) is 14.3. The summed E-state index contributed by atoms with van der Waals surface area (Å²) in [6.07, 6.45) is -4.01. The van der Waals surface area contributed by atoms with Gasteiger partial charge in [-0.15, -0.1) is 0 Å². The van der Waals surface area contributed by atoms with Gasteiger partial charge >= 0.3 is 12.1 Å². The van der Waals surface area contributed by atoms with Crippen molar-refractivity contribution in [1.82, 2.24) is 10.2 Å². The Morgan fingerprint density at radius 2 is 1.81 bits per heavy atom. The number of rotatable bonds is 6. The lowest BCUT2D eigenvalue weighted by atomic mass is 9.96. The Bertz CT molecular complexity index is 629. The quantitative estimate of drug-likeness (QED) is 0.827. The fourth-order valence-corrected chi connectivity index (χ4v) is 2.71. The van der Waals surface area contributed by atoms with E-state index in [2.05, 4.69) is 5.32 Å². The molecule has 1 aliphatic heterocycles. The van der Waals surface area contributed by atoms with Gasteiger partial charge in [0.2, 0.25) is 0 Å². The highest BCUT2D eigenvalue weighted by Gasteiger charge is 2.43. The normalized spacial score (nSPS) is 15.5. The molecule has 0 radical (unpaired) electrons. The molecule has 0 aliphatic carbocycles. The molecule has 0 bridgehead atoms. The number of carbonyl (C=O) groups is 2. The molecule has 6 nitrogen and oxygen atoms in total. The van der Waals surface area contributed by atoms with Crippen molar-refractivity contribution in [3.63, 3.8) is 0 Å². The Morgan fingerprint density at radius 3 is 2.38 bits per heavy atom. The molecule has 2 amide bonds. The highest BCUT2D eigenvalue weighted by Crippen LogP contribution is 2.26. The van der Waals surface area contributed by atoms with Gasteiger partial charge in [-0.3, -0.25) is 9.59 Å². The molecule has 2 rings (SSSR count). The number of methoxy groups -OCH3 is 1. The number of halogens is 3. The first-order valence-electron chi connectivity index (χ1n) is 8.20. The fraction of sp³-hybridized carbons (Fsp3) is 0.529. The molecule has 0 atom stereocenters. The van der Waals surface area contributed by atoms with Gasteiger partial charge in [0, 0.05) is 19.6 Å².